The van der Waals surface area contributed by atoms with Crippen LogP contribution in [0, 0.1) is 5.82 Å². The van der Waals surface area contributed by atoms with Crippen LogP contribution in [0.25, 0.3) is 6.08 Å². The van der Waals surface area contributed by atoms with Gasteiger partial charge in [-0.3, -0.25) is 4.79 Å². The SMILES string of the molecule is CCOc1cc2c(cc1/C=C/C(=O)c1ccccc1F)O[C@@H](C)C2. The Hall–Kier alpha value is -2.62. The van der Waals surface area contributed by atoms with E-state index in [4.69, 9.17) is 9.47 Å². The molecule has 1 aliphatic heterocycles. The second-order valence-corrected chi connectivity index (χ2v) is 5.74. The summed E-state index contributed by atoms with van der Waals surface area (Å²) in [4.78, 5) is 12.2. The third-order valence-electron chi connectivity index (χ3n) is 3.88. The average Bonchev–Trinajstić information content (AvgIpc) is 2.92. The van der Waals surface area contributed by atoms with Crippen molar-refractivity contribution in [1.29, 1.82) is 0 Å². The third-order valence-corrected chi connectivity index (χ3v) is 3.88. The molecule has 3 nitrogen and oxygen atoms in total. The largest absolute Gasteiger partial charge is 0.493 e. The molecule has 1 atom stereocenters. The van der Waals surface area contributed by atoms with E-state index in [9.17, 15) is 9.18 Å². The van der Waals surface area contributed by atoms with Gasteiger partial charge in [-0.2, -0.15) is 0 Å². The third kappa shape index (κ3) is 3.32. The van der Waals surface area contributed by atoms with E-state index < -0.39 is 5.82 Å². The second kappa shape index (κ2) is 6.87. The predicted octanol–water partition coefficient (Wildman–Crippen LogP) is 4.44. The molecule has 2 aromatic carbocycles. The standard InChI is InChI=1S/C20H19FO3/c1-3-23-19-12-15-10-13(2)24-20(15)11-14(19)8-9-18(22)16-6-4-5-7-17(16)21/h4-9,11-13H,3,10H2,1-2H3/b9-8+/t13-/m0/s1. The quantitative estimate of drug-likeness (QED) is 0.602. The molecule has 0 unspecified atom stereocenters. The Kier molecular flexibility index (Phi) is 4.65. The van der Waals surface area contributed by atoms with E-state index in [0.29, 0.717) is 12.4 Å². The maximum Gasteiger partial charge on any atom is 0.188 e. The summed E-state index contributed by atoms with van der Waals surface area (Å²) in [5, 5.41) is 0. The van der Waals surface area contributed by atoms with Gasteiger partial charge in [-0.05, 0) is 50.3 Å². The maximum atomic E-state index is 13.7. The normalized spacial score (nSPS) is 16.0. The highest BCUT2D eigenvalue weighted by atomic mass is 19.1. The molecule has 0 N–H and O–H groups in total. The van der Waals surface area contributed by atoms with E-state index in [1.54, 1.807) is 18.2 Å². The molecule has 1 heterocycles. The highest BCUT2D eigenvalue weighted by molar-refractivity contribution is 6.07. The first-order valence-electron chi connectivity index (χ1n) is 8.01. The molecular formula is C20H19FO3. The molecule has 1 aliphatic rings. The summed E-state index contributed by atoms with van der Waals surface area (Å²) in [5.41, 5.74) is 1.90. The smallest absolute Gasteiger partial charge is 0.188 e. The summed E-state index contributed by atoms with van der Waals surface area (Å²) in [6, 6.07) is 9.77. The van der Waals surface area contributed by atoms with Gasteiger partial charge in [-0.1, -0.05) is 12.1 Å². The number of ketones is 1. The highest BCUT2D eigenvalue weighted by Crippen LogP contribution is 2.35. The Labute approximate surface area is 140 Å². The first kappa shape index (κ1) is 16.2. The van der Waals surface area contributed by atoms with Gasteiger partial charge in [0.25, 0.3) is 0 Å². The van der Waals surface area contributed by atoms with Gasteiger partial charge in [-0.25, -0.2) is 4.39 Å². The van der Waals surface area contributed by atoms with Crippen LogP contribution in [0.4, 0.5) is 4.39 Å². The van der Waals surface area contributed by atoms with E-state index in [1.165, 1.54) is 18.2 Å². The van der Waals surface area contributed by atoms with Gasteiger partial charge < -0.3 is 9.47 Å². The first-order valence-corrected chi connectivity index (χ1v) is 8.01. The molecule has 0 bridgehead atoms. The van der Waals surface area contributed by atoms with Crippen LogP contribution in [0.15, 0.2) is 42.5 Å². The van der Waals surface area contributed by atoms with Crippen molar-refractivity contribution in [3.8, 4) is 11.5 Å². The Morgan fingerprint density at radius 3 is 2.92 bits per heavy atom. The zero-order valence-corrected chi connectivity index (χ0v) is 13.7. The fourth-order valence-electron chi connectivity index (χ4n) is 2.78. The van der Waals surface area contributed by atoms with Crippen molar-refractivity contribution in [2.24, 2.45) is 0 Å². The summed E-state index contributed by atoms with van der Waals surface area (Å²) in [7, 11) is 0. The molecule has 0 saturated carbocycles. The number of benzene rings is 2. The maximum absolute atomic E-state index is 13.7. The first-order chi connectivity index (χ1) is 11.6. The minimum atomic E-state index is -0.525. The molecule has 4 heteroatoms. The summed E-state index contributed by atoms with van der Waals surface area (Å²) in [6.07, 6.45) is 3.98. The molecule has 0 radical (unpaired) electrons. The number of halogens is 1. The second-order valence-electron chi connectivity index (χ2n) is 5.74. The number of allylic oxidation sites excluding steroid dienone is 1. The zero-order valence-electron chi connectivity index (χ0n) is 13.7. The number of hydrogen-bond donors (Lipinski definition) is 0. The average molecular weight is 326 g/mol. The minimum absolute atomic E-state index is 0.0535. The Morgan fingerprint density at radius 2 is 2.17 bits per heavy atom. The zero-order chi connectivity index (χ0) is 17.1. The summed E-state index contributed by atoms with van der Waals surface area (Å²) in [6.45, 7) is 4.44. The number of ether oxygens (including phenoxy) is 2. The fourth-order valence-corrected chi connectivity index (χ4v) is 2.78. The molecule has 0 saturated heterocycles. The molecule has 0 aromatic heterocycles. The summed E-state index contributed by atoms with van der Waals surface area (Å²) in [5.74, 6) is 0.601. The monoisotopic (exact) mass is 326 g/mol. The van der Waals surface area contributed by atoms with Gasteiger partial charge in [0.2, 0.25) is 0 Å². The van der Waals surface area contributed by atoms with Crippen LogP contribution in [0.5, 0.6) is 11.5 Å². The Bertz CT molecular complexity index is 795. The molecule has 3 rings (SSSR count). The van der Waals surface area contributed by atoms with Crippen molar-refractivity contribution in [2.75, 3.05) is 6.61 Å². The van der Waals surface area contributed by atoms with Gasteiger partial charge in [0.05, 0.1) is 12.2 Å². The van der Waals surface area contributed by atoms with Gasteiger partial charge >= 0.3 is 0 Å². The summed E-state index contributed by atoms with van der Waals surface area (Å²) >= 11 is 0. The fraction of sp³-hybridized carbons (Fsp3) is 0.250. The number of rotatable bonds is 5. The lowest BCUT2D eigenvalue weighted by Crippen LogP contribution is -2.05. The van der Waals surface area contributed by atoms with Crippen molar-refractivity contribution < 1.29 is 18.7 Å². The number of carbonyl (C=O) groups excluding carboxylic acids is 1. The number of carbonyl (C=O) groups is 1. The van der Waals surface area contributed by atoms with Gasteiger partial charge in [-0.15, -0.1) is 0 Å². The van der Waals surface area contributed by atoms with E-state index in [2.05, 4.69) is 0 Å². The van der Waals surface area contributed by atoms with Crippen LogP contribution in [-0.4, -0.2) is 18.5 Å². The van der Waals surface area contributed by atoms with Crippen LogP contribution < -0.4 is 9.47 Å². The van der Waals surface area contributed by atoms with Crippen LogP contribution in [-0.2, 0) is 6.42 Å². The predicted molar refractivity (Wildman–Crippen MR) is 91.2 cm³/mol. The lowest BCUT2D eigenvalue weighted by Gasteiger charge is -2.10. The van der Waals surface area contributed by atoms with Crippen LogP contribution in [0.1, 0.15) is 35.3 Å². The molecule has 2 aromatic rings. The van der Waals surface area contributed by atoms with Gasteiger partial charge in [0.1, 0.15) is 23.4 Å². The van der Waals surface area contributed by atoms with E-state index in [0.717, 1.165) is 23.3 Å². The lowest BCUT2D eigenvalue weighted by molar-refractivity contribution is 0.104. The molecule has 0 spiro atoms. The molecule has 0 aliphatic carbocycles. The van der Waals surface area contributed by atoms with E-state index in [-0.39, 0.29) is 17.5 Å². The van der Waals surface area contributed by atoms with Crippen molar-refractivity contribution in [2.45, 2.75) is 26.4 Å². The van der Waals surface area contributed by atoms with Crippen molar-refractivity contribution >= 4 is 11.9 Å². The van der Waals surface area contributed by atoms with E-state index >= 15 is 0 Å². The van der Waals surface area contributed by atoms with Gasteiger partial charge in [0, 0.05) is 17.5 Å². The number of hydrogen-bond acceptors (Lipinski definition) is 3. The van der Waals surface area contributed by atoms with Crippen LogP contribution in [0.3, 0.4) is 0 Å². The molecule has 24 heavy (non-hydrogen) atoms. The molecule has 124 valence electrons. The summed E-state index contributed by atoms with van der Waals surface area (Å²) < 4.78 is 25.1. The van der Waals surface area contributed by atoms with E-state index in [1.807, 2.05) is 26.0 Å². The molecular weight excluding hydrogens is 307 g/mol. The highest BCUT2D eigenvalue weighted by Gasteiger charge is 2.21. The van der Waals surface area contributed by atoms with Crippen LogP contribution >= 0.6 is 0 Å². The van der Waals surface area contributed by atoms with Gasteiger partial charge in [0.15, 0.2) is 5.78 Å². The van der Waals surface area contributed by atoms with Crippen LogP contribution in [0.2, 0.25) is 0 Å². The Morgan fingerprint density at radius 1 is 1.38 bits per heavy atom. The lowest BCUT2D eigenvalue weighted by atomic mass is 10.0. The minimum Gasteiger partial charge on any atom is -0.493 e. The van der Waals surface area contributed by atoms with Crippen molar-refractivity contribution in [3.63, 3.8) is 0 Å². The molecule has 0 fully saturated rings. The number of fused-ring (bicyclic) bond motifs is 1. The Balaban J connectivity index is 1.90. The van der Waals surface area contributed by atoms with Crippen molar-refractivity contribution in [1.82, 2.24) is 0 Å². The topological polar surface area (TPSA) is 35.5 Å². The van der Waals surface area contributed by atoms with Crippen molar-refractivity contribution in [3.05, 3.63) is 65.0 Å². The molecule has 0 amide bonds.